The molecular weight excluding hydrogens is 316 g/mol. The topological polar surface area (TPSA) is 86.9 Å². The number of likely N-dealkylation sites (tertiary alicyclic amines) is 1. The van der Waals surface area contributed by atoms with Gasteiger partial charge in [0.2, 0.25) is 15.9 Å². The molecule has 134 valence electrons. The van der Waals surface area contributed by atoms with Crippen LogP contribution in [0.4, 0.5) is 0 Å². The Balaban J connectivity index is 1.82. The van der Waals surface area contributed by atoms with Crippen LogP contribution in [0.15, 0.2) is 0 Å². The lowest BCUT2D eigenvalue weighted by molar-refractivity contribution is -0.128. The first-order chi connectivity index (χ1) is 10.8. The van der Waals surface area contributed by atoms with Crippen molar-refractivity contribution in [3.8, 4) is 0 Å². The molecule has 2 aliphatic rings. The van der Waals surface area contributed by atoms with Crippen LogP contribution >= 0.6 is 0 Å². The number of rotatable bonds is 5. The Hall–Kier alpha value is -0.700. The van der Waals surface area contributed by atoms with Crippen LogP contribution in [0.2, 0.25) is 0 Å². The molecule has 23 heavy (non-hydrogen) atoms. The molecule has 0 aromatic carbocycles. The lowest BCUT2D eigenvalue weighted by atomic mass is 10.0. The highest BCUT2D eigenvalue weighted by molar-refractivity contribution is 7.89. The molecule has 2 fully saturated rings. The monoisotopic (exact) mass is 346 g/mol. The van der Waals surface area contributed by atoms with E-state index in [0.717, 1.165) is 52.2 Å². The molecule has 1 amide bonds. The second-order valence-corrected chi connectivity index (χ2v) is 8.65. The normalized spacial score (nSPS) is 28.0. The smallest absolute Gasteiger partial charge is 0.219 e. The Morgan fingerprint density at radius 1 is 1.17 bits per heavy atom. The third-order valence-electron chi connectivity index (χ3n) is 5.00. The fourth-order valence-electron chi connectivity index (χ4n) is 3.78. The molecule has 0 radical (unpaired) electrons. The first-order valence-electron chi connectivity index (χ1n) is 8.48. The lowest BCUT2D eigenvalue weighted by Gasteiger charge is -2.30. The molecule has 0 saturated carbocycles. The lowest BCUT2D eigenvalue weighted by Crippen LogP contribution is -2.43. The van der Waals surface area contributed by atoms with Crippen LogP contribution in [0, 0.1) is 5.92 Å². The van der Waals surface area contributed by atoms with Crippen molar-refractivity contribution in [3.05, 3.63) is 0 Å². The maximum Gasteiger partial charge on any atom is 0.219 e. The van der Waals surface area contributed by atoms with E-state index in [2.05, 4.69) is 16.7 Å². The number of hydrogen-bond donors (Lipinski definition) is 1. The van der Waals surface area contributed by atoms with E-state index in [0.29, 0.717) is 18.4 Å². The molecule has 2 rings (SSSR count). The first kappa shape index (κ1) is 18.6. The van der Waals surface area contributed by atoms with Gasteiger partial charge in [0, 0.05) is 52.2 Å². The second kappa shape index (κ2) is 7.92. The minimum absolute atomic E-state index is 0.0554. The van der Waals surface area contributed by atoms with Gasteiger partial charge in [-0.25, -0.2) is 13.6 Å². The molecule has 2 saturated heterocycles. The number of carbonyl (C=O) groups excluding carboxylic acids is 1. The zero-order valence-corrected chi connectivity index (χ0v) is 15.1. The molecular formula is C15H30N4O3S. The zero-order chi connectivity index (χ0) is 17.0. The number of nitrogens with two attached hydrogens (primary N) is 1. The summed E-state index contributed by atoms with van der Waals surface area (Å²) in [5, 5.41) is 5.06. The summed E-state index contributed by atoms with van der Waals surface area (Å²) in [7, 11) is -3.36. The van der Waals surface area contributed by atoms with Crippen molar-refractivity contribution in [2.45, 2.75) is 32.7 Å². The van der Waals surface area contributed by atoms with Crippen molar-refractivity contribution in [1.82, 2.24) is 14.7 Å². The van der Waals surface area contributed by atoms with E-state index in [-0.39, 0.29) is 11.7 Å². The van der Waals surface area contributed by atoms with Gasteiger partial charge < -0.3 is 9.80 Å². The van der Waals surface area contributed by atoms with Crippen LogP contribution in [-0.2, 0) is 14.8 Å². The highest BCUT2D eigenvalue weighted by atomic mass is 32.2. The fourth-order valence-corrected chi connectivity index (χ4v) is 4.31. The van der Waals surface area contributed by atoms with Crippen LogP contribution in [0.25, 0.3) is 0 Å². The molecule has 2 heterocycles. The number of primary sulfonamides is 1. The predicted octanol–water partition coefficient (Wildman–Crippen LogP) is -0.460. The van der Waals surface area contributed by atoms with Crippen LogP contribution in [0.5, 0.6) is 0 Å². The van der Waals surface area contributed by atoms with Gasteiger partial charge >= 0.3 is 0 Å². The van der Waals surface area contributed by atoms with E-state index in [9.17, 15) is 13.2 Å². The minimum atomic E-state index is -3.36. The summed E-state index contributed by atoms with van der Waals surface area (Å²) in [5.41, 5.74) is 0. The molecule has 0 aromatic heterocycles. The van der Waals surface area contributed by atoms with E-state index in [1.165, 1.54) is 0 Å². The van der Waals surface area contributed by atoms with Gasteiger partial charge in [-0.1, -0.05) is 6.92 Å². The average Bonchev–Trinajstić information content (AvgIpc) is 2.66. The summed E-state index contributed by atoms with van der Waals surface area (Å²) < 4.78 is 22.0. The summed E-state index contributed by atoms with van der Waals surface area (Å²) in [6.07, 6.45) is 1.62. The Kier molecular flexibility index (Phi) is 6.41. The van der Waals surface area contributed by atoms with Crippen molar-refractivity contribution < 1.29 is 13.2 Å². The molecule has 2 aliphatic heterocycles. The second-order valence-electron chi connectivity index (χ2n) is 6.92. The van der Waals surface area contributed by atoms with E-state index >= 15 is 0 Å². The fraction of sp³-hybridized carbons (Fsp3) is 0.933. The van der Waals surface area contributed by atoms with Crippen LogP contribution in [0.3, 0.4) is 0 Å². The predicted molar refractivity (Wildman–Crippen MR) is 90.4 cm³/mol. The van der Waals surface area contributed by atoms with E-state index < -0.39 is 10.0 Å². The van der Waals surface area contributed by atoms with Crippen LogP contribution in [0.1, 0.15) is 26.7 Å². The van der Waals surface area contributed by atoms with Crippen LogP contribution < -0.4 is 5.14 Å². The highest BCUT2D eigenvalue weighted by Crippen LogP contribution is 2.23. The Bertz CT molecular complexity index is 511. The summed E-state index contributed by atoms with van der Waals surface area (Å²) in [4.78, 5) is 18.3. The summed E-state index contributed by atoms with van der Waals surface area (Å²) in [6.45, 7) is 10.3. The van der Waals surface area contributed by atoms with Gasteiger partial charge in [0.15, 0.2) is 0 Å². The molecule has 8 heteroatoms. The molecule has 0 aromatic rings. The zero-order valence-electron chi connectivity index (χ0n) is 14.3. The number of amides is 1. The van der Waals surface area contributed by atoms with Crippen LogP contribution in [-0.4, -0.2) is 86.6 Å². The molecule has 0 unspecified atom stereocenters. The third-order valence-corrected chi connectivity index (χ3v) is 5.85. The SMILES string of the molecule is CC(=O)N1CCCN([C@@H]2CN(CCCS(N)(=O)=O)C[C@H]2C)CC1. The third kappa shape index (κ3) is 5.70. The number of nitrogens with zero attached hydrogens (tertiary/aromatic N) is 3. The molecule has 0 bridgehead atoms. The first-order valence-corrected chi connectivity index (χ1v) is 10.2. The van der Waals surface area contributed by atoms with Crippen molar-refractivity contribution in [2.24, 2.45) is 11.1 Å². The van der Waals surface area contributed by atoms with E-state index in [4.69, 9.17) is 5.14 Å². The van der Waals surface area contributed by atoms with Gasteiger partial charge in [0.25, 0.3) is 0 Å². The Morgan fingerprint density at radius 3 is 2.57 bits per heavy atom. The standard InChI is InChI=1S/C15H30N4O3S/c1-13-11-17(5-4-10-23(16,21)22)12-15(13)19-7-3-6-18(8-9-19)14(2)20/h13,15H,3-12H2,1-2H3,(H2,16,21,22)/t13-,15-/m1/s1. The van der Waals surface area contributed by atoms with Crippen molar-refractivity contribution in [3.63, 3.8) is 0 Å². The van der Waals surface area contributed by atoms with Gasteiger partial charge in [-0.05, 0) is 25.3 Å². The maximum atomic E-state index is 11.5. The molecule has 2 atom stereocenters. The maximum absolute atomic E-state index is 11.5. The Labute approximate surface area is 139 Å². The van der Waals surface area contributed by atoms with Gasteiger partial charge in [0.1, 0.15) is 0 Å². The van der Waals surface area contributed by atoms with E-state index in [1.54, 1.807) is 6.92 Å². The van der Waals surface area contributed by atoms with Gasteiger partial charge in [-0.3, -0.25) is 9.69 Å². The Morgan fingerprint density at radius 2 is 1.91 bits per heavy atom. The van der Waals surface area contributed by atoms with Gasteiger partial charge in [0.05, 0.1) is 5.75 Å². The number of carbonyl (C=O) groups is 1. The molecule has 0 aliphatic carbocycles. The van der Waals surface area contributed by atoms with Crippen molar-refractivity contribution in [2.75, 3.05) is 51.6 Å². The summed E-state index contributed by atoms with van der Waals surface area (Å²) in [6, 6.07) is 0.497. The number of sulfonamides is 1. The van der Waals surface area contributed by atoms with Crippen molar-refractivity contribution >= 4 is 15.9 Å². The van der Waals surface area contributed by atoms with Gasteiger partial charge in [-0.15, -0.1) is 0 Å². The average molecular weight is 346 g/mol. The molecule has 0 spiro atoms. The summed E-state index contributed by atoms with van der Waals surface area (Å²) >= 11 is 0. The van der Waals surface area contributed by atoms with E-state index in [1.807, 2.05) is 4.90 Å². The van der Waals surface area contributed by atoms with Crippen molar-refractivity contribution in [1.29, 1.82) is 0 Å². The number of hydrogen-bond acceptors (Lipinski definition) is 5. The highest BCUT2D eigenvalue weighted by Gasteiger charge is 2.34. The molecule has 7 nitrogen and oxygen atoms in total. The summed E-state index contributed by atoms with van der Waals surface area (Å²) in [5.74, 6) is 0.782. The molecule has 2 N–H and O–H groups in total. The van der Waals surface area contributed by atoms with Gasteiger partial charge in [-0.2, -0.15) is 0 Å². The quantitative estimate of drug-likeness (QED) is 0.728. The minimum Gasteiger partial charge on any atom is -0.342 e. The largest absolute Gasteiger partial charge is 0.342 e.